The van der Waals surface area contributed by atoms with E-state index in [1.165, 1.54) is 0 Å². The zero-order valence-electron chi connectivity index (χ0n) is 21.3. The van der Waals surface area contributed by atoms with Gasteiger partial charge in [-0.3, -0.25) is 4.79 Å². The second-order valence-electron chi connectivity index (χ2n) is 8.49. The van der Waals surface area contributed by atoms with Gasteiger partial charge in [0.2, 0.25) is 17.6 Å². The van der Waals surface area contributed by atoms with E-state index in [0.29, 0.717) is 74.0 Å². The molecule has 0 aliphatic carbocycles. The summed E-state index contributed by atoms with van der Waals surface area (Å²) in [6.45, 7) is 8.59. The number of methoxy groups -OCH3 is 1. The predicted molar refractivity (Wildman–Crippen MR) is 134 cm³/mol. The largest absolute Gasteiger partial charge is 0.493 e. The van der Waals surface area contributed by atoms with Crippen molar-refractivity contribution < 1.29 is 28.3 Å². The Bertz CT molecular complexity index is 1180. The van der Waals surface area contributed by atoms with E-state index in [2.05, 4.69) is 10.1 Å². The summed E-state index contributed by atoms with van der Waals surface area (Å²) in [4.78, 5) is 19.2. The van der Waals surface area contributed by atoms with Gasteiger partial charge in [0.25, 0.3) is 0 Å². The molecule has 0 bridgehead atoms. The molecule has 1 unspecified atom stereocenters. The van der Waals surface area contributed by atoms with Gasteiger partial charge < -0.3 is 28.4 Å². The molecule has 1 fully saturated rings. The molecule has 1 atom stereocenters. The first-order valence-corrected chi connectivity index (χ1v) is 12.4. The maximum Gasteiger partial charge on any atom is 0.232 e. The van der Waals surface area contributed by atoms with Crippen LogP contribution in [0.1, 0.15) is 51.0 Å². The van der Waals surface area contributed by atoms with Crippen LogP contribution in [0.5, 0.6) is 23.0 Å². The highest BCUT2D eigenvalue weighted by molar-refractivity contribution is 5.79. The molecule has 36 heavy (non-hydrogen) atoms. The zero-order chi connectivity index (χ0) is 25.5. The van der Waals surface area contributed by atoms with Crippen molar-refractivity contribution in [1.29, 1.82) is 0 Å². The average Bonchev–Trinajstić information content (AvgIpc) is 3.52. The van der Waals surface area contributed by atoms with Crippen molar-refractivity contribution in [2.75, 3.05) is 33.5 Å². The second-order valence-corrected chi connectivity index (χ2v) is 8.49. The molecule has 0 saturated carbocycles. The highest BCUT2D eigenvalue weighted by Crippen LogP contribution is 2.34. The third-order valence-corrected chi connectivity index (χ3v) is 5.87. The number of carbonyl (C=O) groups is 1. The van der Waals surface area contributed by atoms with Crippen LogP contribution in [0.15, 0.2) is 40.9 Å². The quantitative estimate of drug-likeness (QED) is 0.352. The molecule has 0 N–H and O–H groups in total. The topological polar surface area (TPSA) is 96.2 Å². The van der Waals surface area contributed by atoms with Crippen molar-refractivity contribution in [3.63, 3.8) is 0 Å². The Hall–Kier alpha value is -3.75. The summed E-state index contributed by atoms with van der Waals surface area (Å²) >= 11 is 0. The fraction of sp³-hybridized carbons (Fsp3) is 0.444. The Morgan fingerprint density at radius 1 is 0.972 bits per heavy atom. The SMILES string of the molecule is CCCOc1ccc(-c2noc(C3CC(=O)N(Cc4ccc(OCC)c(OCC)c4)C3)n2)cc1OC. The van der Waals surface area contributed by atoms with Gasteiger partial charge in [-0.1, -0.05) is 18.1 Å². The maximum absolute atomic E-state index is 12.8. The molecule has 1 saturated heterocycles. The van der Waals surface area contributed by atoms with Crippen LogP contribution in [0.3, 0.4) is 0 Å². The smallest absolute Gasteiger partial charge is 0.232 e. The van der Waals surface area contributed by atoms with Crippen molar-refractivity contribution in [3.8, 4) is 34.4 Å². The van der Waals surface area contributed by atoms with E-state index >= 15 is 0 Å². The highest BCUT2D eigenvalue weighted by atomic mass is 16.5. The van der Waals surface area contributed by atoms with Crippen LogP contribution in [-0.2, 0) is 11.3 Å². The number of hydrogen-bond acceptors (Lipinski definition) is 8. The number of benzene rings is 2. The predicted octanol–water partition coefficient (Wildman–Crippen LogP) is 4.85. The van der Waals surface area contributed by atoms with Crippen molar-refractivity contribution in [2.24, 2.45) is 0 Å². The monoisotopic (exact) mass is 495 g/mol. The summed E-state index contributed by atoms with van der Waals surface area (Å²) in [5.41, 5.74) is 1.73. The molecule has 1 amide bonds. The van der Waals surface area contributed by atoms with Crippen molar-refractivity contribution >= 4 is 5.91 Å². The van der Waals surface area contributed by atoms with Gasteiger partial charge in [-0.05, 0) is 56.2 Å². The fourth-order valence-electron chi connectivity index (χ4n) is 4.16. The number of rotatable bonds is 12. The van der Waals surface area contributed by atoms with E-state index in [4.69, 9.17) is 23.5 Å². The fourth-order valence-corrected chi connectivity index (χ4v) is 4.16. The van der Waals surface area contributed by atoms with Crippen LogP contribution >= 0.6 is 0 Å². The van der Waals surface area contributed by atoms with E-state index in [9.17, 15) is 4.79 Å². The van der Waals surface area contributed by atoms with Gasteiger partial charge in [0, 0.05) is 25.1 Å². The molecule has 0 spiro atoms. The van der Waals surface area contributed by atoms with E-state index < -0.39 is 0 Å². The Balaban J connectivity index is 1.45. The molecule has 2 aromatic carbocycles. The molecular formula is C27H33N3O6. The molecule has 1 aliphatic heterocycles. The van der Waals surface area contributed by atoms with Gasteiger partial charge in [-0.15, -0.1) is 0 Å². The Kier molecular flexibility index (Phi) is 8.30. The molecule has 1 aromatic heterocycles. The van der Waals surface area contributed by atoms with Gasteiger partial charge in [0.05, 0.1) is 32.8 Å². The third kappa shape index (κ3) is 5.72. The van der Waals surface area contributed by atoms with E-state index in [1.54, 1.807) is 7.11 Å². The molecule has 3 aromatic rings. The summed E-state index contributed by atoms with van der Waals surface area (Å²) in [6, 6.07) is 11.3. The van der Waals surface area contributed by atoms with Crippen LogP contribution in [0, 0.1) is 0 Å². The van der Waals surface area contributed by atoms with E-state index in [1.807, 2.05) is 62.1 Å². The highest BCUT2D eigenvalue weighted by Gasteiger charge is 2.34. The minimum atomic E-state index is -0.165. The zero-order valence-corrected chi connectivity index (χ0v) is 21.3. The third-order valence-electron chi connectivity index (χ3n) is 5.87. The lowest BCUT2D eigenvalue weighted by molar-refractivity contribution is -0.128. The molecule has 192 valence electrons. The average molecular weight is 496 g/mol. The number of ether oxygens (including phenoxy) is 4. The molecule has 4 rings (SSSR count). The summed E-state index contributed by atoms with van der Waals surface area (Å²) in [5.74, 6) is 3.45. The number of aromatic nitrogens is 2. The van der Waals surface area contributed by atoms with Gasteiger partial charge in [0.1, 0.15) is 0 Å². The van der Waals surface area contributed by atoms with Gasteiger partial charge in [-0.2, -0.15) is 4.98 Å². The summed E-state index contributed by atoms with van der Waals surface area (Å²) < 4.78 is 28.1. The maximum atomic E-state index is 12.8. The van der Waals surface area contributed by atoms with Crippen LogP contribution in [0.2, 0.25) is 0 Å². The first-order valence-electron chi connectivity index (χ1n) is 12.4. The molecular weight excluding hydrogens is 462 g/mol. The minimum absolute atomic E-state index is 0.0469. The first kappa shape index (κ1) is 25.3. The lowest BCUT2D eigenvalue weighted by atomic mass is 10.1. The Morgan fingerprint density at radius 3 is 2.47 bits per heavy atom. The van der Waals surface area contributed by atoms with E-state index in [0.717, 1.165) is 17.5 Å². The lowest BCUT2D eigenvalue weighted by Crippen LogP contribution is -2.24. The number of likely N-dealkylation sites (tertiary alicyclic amines) is 1. The van der Waals surface area contributed by atoms with Crippen molar-refractivity contribution in [1.82, 2.24) is 15.0 Å². The molecule has 9 nitrogen and oxygen atoms in total. The number of nitrogens with zero attached hydrogens (tertiary/aromatic N) is 3. The molecule has 9 heteroatoms. The molecule has 0 radical (unpaired) electrons. The van der Waals surface area contributed by atoms with Crippen molar-refractivity contribution in [3.05, 3.63) is 47.9 Å². The molecule has 2 heterocycles. The summed E-state index contributed by atoms with van der Waals surface area (Å²) in [5, 5.41) is 4.15. The summed E-state index contributed by atoms with van der Waals surface area (Å²) in [7, 11) is 1.60. The first-order chi connectivity index (χ1) is 17.6. The minimum Gasteiger partial charge on any atom is -0.493 e. The Labute approximate surface area is 211 Å². The van der Waals surface area contributed by atoms with E-state index in [-0.39, 0.29) is 11.8 Å². The normalized spacial score (nSPS) is 15.3. The van der Waals surface area contributed by atoms with Crippen LogP contribution < -0.4 is 18.9 Å². The molecule has 1 aliphatic rings. The second kappa shape index (κ2) is 11.8. The number of hydrogen-bond donors (Lipinski definition) is 0. The lowest BCUT2D eigenvalue weighted by Gasteiger charge is -2.18. The summed E-state index contributed by atoms with van der Waals surface area (Å²) in [6.07, 6.45) is 1.23. The standard InChI is InChI=1S/C27H33N3O6/c1-5-12-35-21-11-9-19(14-23(21)32-4)26-28-27(36-29-26)20-15-25(31)30(17-20)16-18-8-10-22(33-6-2)24(13-18)34-7-3/h8-11,13-14,20H,5-7,12,15-17H2,1-4H3. The van der Waals surface area contributed by atoms with Crippen molar-refractivity contribution in [2.45, 2.75) is 46.1 Å². The number of amides is 1. The Morgan fingerprint density at radius 2 is 1.72 bits per heavy atom. The van der Waals surface area contributed by atoms with Gasteiger partial charge in [0.15, 0.2) is 23.0 Å². The number of carbonyl (C=O) groups excluding carboxylic acids is 1. The van der Waals surface area contributed by atoms with Gasteiger partial charge in [-0.25, -0.2) is 0 Å². The van der Waals surface area contributed by atoms with Gasteiger partial charge >= 0.3 is 0 Å². The van der Waals surface area contributed by atoms with Crippen LogP contribution in [-0.4, -0.2) is 54.4 Å². The van der Waals surface area contributed by atoms with Crippen LogP contribution in [0.4, 0.5) is 0 Å². The van der Waals surface area contributed by atoms with Crippen LogP contribution in [0.25, 0.3) is 11.4 Å².